The van der Waals surface area contributed by atoms with Crippen LogP contribution in [-0.2, 0) is 14.3 Å². The first-order valence-electron chi connectivity index (χ1n) is 10.2. The van der Waals surface area contributed by atoms with E-state index >= 15 is 0 Å². The summed E-state index contributed by atoms with van der Waals surface area (Å²) in [5.41, 5.74) is 0.866. The van der Waals surface area contributed by atoms with Gasteiger partial charge >= 0.3 is 0 Å². The molecule has 2 atom stereocenters. The molecule has 1 aromatic rings. The Balaban J connectivity index is 1.77. The predicted octanol–water partition coefficient (Wildman–Crippen LogP) is 3.12. The number of nitrogens with zero attached hydrogens (tertiary/aromatic N) is 1. The van der Waals surface area contributed by atoms with Gasteiger partial charge in [0.25, 0.3) is 5.91 Å². The maximum atomic E-state index is 13.1. The van der Waals surface area contributed by atoms with Crippen LogP contribution >= 0.6 is 0 Å². The maximum Gasteiger partial charge on any atom is 0.289 e. The lowest BCUT2D eigenvalue weighted by Gasteiger charge is -2.44. The smallest absolute Gasteiger partial charge is 0.289 e. The van der Waals surface area contributed by atoms with Crippen LogP contribution < -0.4 is 10.1 Å². The van der Waals surface area contributed by atoms with Crippen LogP contribution in [-0.4, -0.2) is 49.1 Å². The molecule has 1 aromatic carbocycles. The van der Waals surface area contributed by atoms with Crippen molar-refractivity contribution < 1.29 is 19.1 Å². The monoisotopic (exact) mass is 386 g/mol. The topological polar surface area (TPSA) is 67.9 Å². The second-order valence-electron chi connectivity index (χ2n) is 7.43. The van der Waals surface area contributed by atoms with Gasteiger partial charge in [-0.3, -0.25) is 9.59 Å². The Morgan fingerprint density at radius 3 is 2.75 bits per heavy atom. The number of ether oxygens (including phenoxy) is 2. The summed E-state index contributed by atoms with van der Waals surface area (Å²) in [7, 11) is 1.62. The van der Waals surface area contributed by atoms with Gasteiger partial charge in [0.1, 0.15) is 18.4 Å². The first kappa shape index (κ1) is 20.2. The van der Waals surface area contributed by atoms with Gasteiger partial charge in [-0.15, -0.1) is 0 Å². The Kier molecular flexibility index (Phi) is 6.95. The molecular formula is C22H30N2O4. The van der Waals surface area contributed by atoms with Gasteiger partial charge in [0.2, 0.25) is 5.91 Å². The van der Waals surface area contributed by atoms with Crippen LogP contribution in [0.4, 0.5) is 0 Å². The van der Waals surface area contributed by atoms with Gasteiger partial charge in [-0.1, -0.05) is 31.9 Å². The fourth-order valence-corrected chi connectivity index (χ4v) is 3.83. The van der Waals surface area contributed by atoms with Crippen molar-refractivity contribution in [3.63, 3.8) is 0 Å². The van der Waals surface area contributed by atoms with Crippen molar-refractivity contribution in [3.8, 4) is 5.75 Å². The quantitative estimate of drug-likeness (QED) is 0.577. The van der Waals surface area contributed by atoms with Crippen LogP contribution in [0.25, 0.3) is 6.08 Å². The number of fused-ring (bicyclic) bond motifs is 1. The summed E-state index contributed by atoms with van der Waals surface area (Å²) in [6.07, 6.45) is 7.62. The minimum absolute atomic E-state index is 0.0220. The molecular weight excluding hydrogens is 356 g/mol. The first-order chi connectivity index (χ1) is 13.6. The zero-order valence-electron chi connectivity index (χ0n) is 16.8. The van der Waals surface area contributed by atoms with Gasteiger partial charge in [0, 0.05) is 6.54 Å². The van der Waals surface area contributed by atoms with Crippen molar-refractivity contribution in [2.75, 3.05) is 20.2 Å². The van der Waals surface area contributed by atoms with E-state index in [-0.39, 0.29) is 30.5 Å². The molecule has 1 N–H and O–H groups in total. The Labute approximate surface area is 166 Å². The van der Waals surface area contributed by atoms with Crippen molar-refractivity contribution in [1.29, 1.82) is 0 Å². The minimum Gasteiger partial charge on any atom is -0.497 e. The van der Waals surface area contributed by atoms with Gasteiger partial charge in [0.15, 0.2) is 5.76 Å². The third-order valence-electron chi connectivity index (χ3n) is 5.40. The normalized spacial score (nSPS) is 23.1. The maximum absolute atomic E-state index is 13.1. The Morgan fingerprint density at radius 2 is 2.04 bits per heavy atom. The SMILES string of the molecule is CCCCNC(=O)CN1C(=O)/C(=C/c2ccc(OC)cc2)OC2CCCCC21. The molecule has 6 heteroatoms. The minimum atomic E-state index is -0.204. The first-order valence-corrected chi connectivity index (χ1v) is 10.2. The highest BCUT2D eigenvalue weighted by molar-refractivity contribution is 5.98. The average Bonchev–Trinajstić information content (AvgIpc) is 2.72. The van der Waals surface area contributed by atoms with E-state index in [1.54, 1.807) is 18.1 Å². The van der Waals surface area contributed by atoms with Gasteiger partial charge in [-0.25, -0.2) is 0 Å². The number of amides is 2. The number of carbonyl (C=O) groups is 2. The number of benzene rings is 1. The van der Waals surface area contributed by atoms with Crippen LogP contribution in [0.15, 0.2) is 30.0 Å². The molecule has 1 saturated heterocycles. The molecule has 1 heterocycles. The Hall–Kier alpha value is -2.50. The number of hydrogen-bond acceptors (Lipinski definition) is 4. The number of hydrogen-bond donors (Lipinski definition) is 1. The molecule has 0 spiro atoms. The molecule has 152 valence electrons. The van der Waals surface area contributed by atoms with E-state index in [4.69, 9.17) is 9.47 Å². The van der Waals surface area contributed by atoms with E-state index in [0.717, 1.165) is 49.8 Å². The molecule has 0 aromatic heterocycles. The highest BCUT2D eigenvalue weighted by atomic mass is 16.5. The van der Waals surface area contributed by atoms with Crippen molar-refractivity contribution in [1.82, 2.24) is 10.2 Å². The highest BCUT2D eigenvalue weighted by Gasteiger charge is 2.42. The molecule has 3 rings (SSSR count). The average molecular weight is 386 g/mol. The molecule has 1 aliphatic carbocycles. The summed E-state index contributed by atoms with van der Waals surface area (Å²) in [6, 6.07) is 7.45. The molecule has 6 nitrogen and oxygen atoms in total. The number of methoxy groups -OCH3 is 1. The van der Waals surface area contributed by atoms with Gasteiger partial charge in [-0.05, 0) is 49.5 Å². The van der Waals surface area contributed by atoms with Gasteiger partial charge < -0.3 is 19.7 Å². The van der Waals surface area contributed by atoms with E-state index in [9.17, 15) is 9.59 Å². The zero-order chi connectivity index (χ0) is 19.9. The van der Waals surface area contributed by atoms with Crippen molar-refractivity contribution >= 4 is 17.9 Å². The molecule has 2 unspecified atom stereocenters. The molecule has 2 fully saturated rings. The molecule has 1 aliphatic heterocycles. The van der Waals surface area contributed by atoms with Crippen LogP contribution in [0.1, 0.15) is 51.0 Å². The number of rotatable bonds is 7. The number of morpholine rings is 1. The molecule has 28 heavy (non-hydrogen) atoms. The lowest BCUT2D eigenvalue weighted by Crippen LogP contribution is -2.57. The molecule has 0 radical (unpaired) electrons. The third kappa shape index (κ3) is 4.86. The summed E-state index contributed by atoms with van der Waals surface area (Å²) < 4.78 is 11.3. The largest absolute Gasteiger partial charge is 0.497 e. The van der Waals surface area contributed by atoms with Crippen LogP contribution in [0, 0.1) is 0 Å². The van der Waals surface area contributed by atoms with E-state index in [1.807, 2.05) is 24.3 Å². The molecule has 2 aliphatic rings. The number of unbranched alkanes of at least 4 members (excludes halogenated alkanes) is 1. The summed E-state index contributed by atoms with van der Waals surface area (Å²) in [6.45, 7) is 2.82. The number of nitrogens with one attached hydrogen (secondary N) is 1. The second kappa shape index (κ2) is 9.62. The molecule has 1 saturated carbocycles. The Morgan fingerprint density at radius 1 is 1.29 bits per heavy atom. The van der Waals surface area contributed by atoms with Crippen molar-refractivity contribution in [2.45, 2.75) is 57.6 Å². The van der Waals surface area contributed by atoms with Crippen LogP contribution in [0.2, 0.25) is 0 Å². The molecule has 2 amide bonds. The van der Waals surface area contributed by atoms with E-state index < -0.39 is 0 Å². The fraction of sp³-hybridized carbons (Fsp3) is 0.545. The summed E-state index contributed by atoms with van der Waals surface area (Å²) in [5.74, 6) is 0.770. The van der Waals surface area contributed by atoms with Crippen molar-refractivity contribution in [2.24, 2.45) is 0 Å². The third-order valence-corrected chi connectivity index (χ3v) is 5.40. The standard InChI is InChI=1S/C22H30N2O4/c1-3-4-13-23-21(25)15-24-18-7-5-6-8-19(18)28-20(22(24)26)14-16-9-11-17(27-2)12-10-16/h9-12,14,18-19H,3-8,13,15H2,1-2H3,(H,23,25)/b20-14-. The van der Waals surface area contributed by atoms with E-state index in [1.165, 1.54) is 0 Å². The highest BCUT2D eigenvalue weighted by Crippen LogP contribution is 2.33. The van der Waals surface area contributed by atoms with E-state index in [2.05, 4.69) is 12.2 Å². The zero-order valence-corrected chi connectivity index (χ0v) is 16.8. The van der Waals surface area contributed by atoms with Gasteiger partial charge in [0.05, 0.1) is 13.2 Å². The fourth-order valence-electron chi connectivity index (χ4n) is 3.83. The van der Waals surface area contributed by atoms with E-state index in [0.29, 0.717) is 12.3 Å². The Bertz CT molecular complexity index is 714. The van der Waals surface area contributed by atoms with Crippen LogP contribution in [0.3, 0.4) is 0 Å². The summed E-state index contributed by atoms with van der Waals surface area (Å²) in [5, 5.41) is 2.92. The lowest BCUT2D eigenvalue weighted by molar-refractivity contribution is -0.151. The number of carbonyl (C=O) groups excluding carboxylic acids is 2. The second-order valence-corrected chi connectivity index (χ2v) is 7.43. The predicted molar refractivity (Wildman–Crippen MR) is 108 cm³/mol. The van der Waals surface area contributed by atoms with Crippen molar-refractivity contribution in [3.05, 3.63) is 35.6 Å². The van der Waals surface area contributed by atoms with Gasteiger partial charge in [-0.2, -0.15) is 0 Å². The summed E-state index contributed by atoms with van der Waals surface area (Å²) in [4.78, 5) is 27.2. The molecule has 0 bridgehead atoms. The lowest BCUT2D eigenvalue weighted by atomic mass is 9.89. The van der Waals surface area contributed by atoms with Crippen LogP contribution in [0.5, 0.6) is 5.75 Å². The summed E-state index contributed by atoms with van der Waals surface area (Å²) >= 11 is 0.